The van der Waals surface area contributed by atoms with Crippen molar-refractivity contribution < 1.29 is 0 Å². The Labute approximate surface area is 71.6 Å². The summed E-state index contributed by atoms with van der Waals surface area (Å²) in [5.41, 5.74) is 2.00. The zero-order chi connectivity index (χ0) is 8.55. The Morgan fingerprint density at radius 1 is 1.42 bits per heavy atom. The van der Waals surface area contributed by atoms with Crippen LogP contribution in [0.25, 0.3) is 0 Å². The quantitative estimate of drug-likeness (QED) is 0.631. The van der Waals surface area contributed by atoms with E-state index < -0.39 is 0 Å². The van der Waals surface area contributed by atoms with E-state index >= 15 is 0 Å². The lowest BCUT2D eigenvalue weighted by atomic mass is 9.95. The van der Waals surface area contributed by atoms with E-state index in [1.807, 2.05) is 12.3 Å². The normalized spacial score (nSPS) is 20.1. The third-order valence-corrected chi connectivity index (χ3v) is 2.14. The molecule has 0 saturated carbocycles. The zero-order valence-electron chi connectivity index (χ0n) is 7.23. The van der Waals surface area contributed by atoms with Crippen LogP contribution in [-0.2, 0) is 0 Å². The Kier molecular flexibility index (Phi) is 1.64. The van der Waals surface area contributed by atoms with Crippen LogP contribution in [0.4, 0.5) is 5.69 Å². The Hall–Kier alpha value is -1.25. The first-order valence-corrected chi connectivity index (χ1v) is 4.15. The number of hydrogen-bond donors (Lipinski definition) is 0. The maximum Gasteiger partial charge on any atom is 0.0973 e. The molecule has 0 fully saturated rings. The number of aliphatic imine (C=N–C) groups is 1. The van der Waals surface area contributed by atoms with Gasteiger partial charge >= 0.3 is 0 Å². The summed E-state index contributed by atoms with van der Waals surface area (Å²) in [6, 6.07) is 1.90. The van der Waals surface area contributed by atoms with E-state index in [4.69, 9.17) is 0 Å². The fraction of sp³-hybridized carbons (Fsp3) is 0.444. The van der Waals surface area contributed by atoms with Crippen LogP contribution in [0.1, 0.15) is 25.5 Å². The van der Waals surface area contributed by atoms with Crippen LogP contribution in [0.3, 0.4) is 0 Å². The van der Waals surface area contributed by atoms with Crippen LogP contribution < -0.4 is 0 Å². The summed E-state index contributed by atoms with van der Waals surface area (Å²) >= 11 is 0. The highest BCUT2D eigenvalue weighted by molar-refractivity contribution is 5.79. The van der Waals surface area contributed by atoms with Gasteiger partial charge < -0.3 is 0 Å². The van der Waals surface area contributed by atoms with Crippen molar-refractivity contribution in [2.24, 2.45) is 10.9 Å². The molecule has 2 heterocycles. The summed E-state index contributed by atoms with van der Waals surface area (Å²) in [5, 5.41) is 7.95. The minimum Gasteiger partial charge on any atom is -0.258 e. The van der Waals surface area contributed by atoms with Crippen molar-refractivity contribution in [2.45, 2.75) is 19.8 Å². The summed E-state index contributed by atoms with van der Waals surface area (Å²) in [5.74, 6) is 0.903. The van der Waals surface area contributed by atoms with Gasteiger partial charge in [0.15, 0.2) is 0 Å². The average Bonchev–Trinajstić information content (AvgIpc) is 2.47. The number of aromatic nitrogens is 2. The van der Waals surface area contributed by atoms with Gasteiger partial charge in [0.25, 0.3) is 0 Å². The van der Waals surface area contributed by atoms with E-state index in [9.17, 15) is 0 Å². The Balaban J connectivity index is 2.42. The summed E-state index contributed by atoms with van der Waals surface area (Å²) in [6.45, 7) is 4.33. The molecular formula is C9H11N3. The fourth-order valence-electron chi connectivity index (χ4n) is 1.40. The first-order valence-electron chi connectivity index (χ1n) is 4.15. The van der Waals surface area contributed by atoms with Crippen LogP contribution in [0.2, 0.25) is 0 Å². The van der Waals surface area contributed by atoms with Crippen molar-refractivity contribution in [1.82, 2.24) is 10.2 Å². The molecule has 12 heavy (non-hydrogen) atoms. The molecule has 0 spiro atoms. The predicted molar refractivity (Wildman–Crippen MR) is 47.8 cm³/mol. The highest BCUT2D eigenvalue weighted by Crippen LogP contribution is 2.33. The maximum atomic E-state index is 4.27. The maximum absolute atomic E-state index is 4.27. The molecule has 2 rings (SSSR count). The second-order valence-electron chi connectivity index (χ2n) is 3.35. The van der Waals surface area contributed by atoms with Gasteiger partial charge in [-0.15, -0.1) is 0 Å². The third kappa shape index (κ3) is 1.02. The smallest absolute Gasteiger partial charge is 0.0973 e. The molecule has 0 N–H and O–H groups in total. The molecule has 3 nitrogen and oxygen atoms in total. The molecule has 1 atom stereocenters. The van der Waals surface area contributed by atoms with E-state index in [2.05, 4.69) is 29.0 Å². The van der Waals surface area contributed by atoms with E-state index in [0.29, 0.717) is 11.8 Å². The predicted octanol–water partition coefficient (Wildman–Crippen LogP) is 1.93. The number of nitrogens with zero attached hydrogens (tertiary/aromatic N) is 3. The van der Waals surface area contributed by atoms with Crippen molar-refractivity contribution in [3.8, 4) is 0 Å². The lowest BCUT2D eigenvalue weighted by Gasteiger charge is -2.10. The summed E-state index contributed by atoms with van der Waals surface area (Å²) in [6.07, 6.45) is 3.64. The van der Waals surface area contributed by atoms with Gasteiger partial charge in [-0.1, -0.05) is 13.8 Å². The SMILES string of the molecule is CC(C)C1C=Nc2ccnnc21. The highest BCUT2D eigenvalue weighted by Gasteiger charge is 2.23. The molecule has 0 aliphatic carbocycles. The Bertz CT molecular complexity index is 317. The molecule has 0 aromatic carbocycles. The van der Waals surface area contributed by atoms with Gasteiger partial charge in [0, 0.05) is 12.1 Å². The summed E-state index contributed by atoms with van der Waals surface area (Å²) in [7, 11) is 0. The number of hydrogen-bond acceptors (Lipinski definition) is 3. The van der Waals surface area contributed by atoms with Crippen molar-refractivity contribution in [3.63, 3.8) is 0 Å². The van der Waals surface area contributed by atoms with Gasteiger partial charge in [-0.2, -0.15) is 10.2 Å². The largest absolute Gasteiger partial charge is 0.258 e. The molecule has 0 amide bonds. The van der Waals surface area contributed by atoms with Crippen molar-refractivity contribution in [2.75, 3.05) is 0 Å². The van der Waals surface area contributed by atoms with E-state index in [-0.39, 0.29) is 0 Å². The number of rotatable bonds is 1. The second kappa shape index (κ2) is 2.66. The molecule has 1 aliphatic heterocycles. The lowest BCUT2D eigenvalue weighted by Crippen LogP contribution is -2.06. The summed E-state index contributed by atoms with van der Waals surface area (Å²) in [4.78, 5) is 4.27. The third-order valence-electron chi connectivity index (χ3n) is 2.14. The first kappa shape index (κ1) is 7.40. The minimum atomic E-state index is 0.355. The molecule has 3 heteroatoms. The van der Waals surface area contributed by atoms with Gasteiger partial charge in [-0.3, -0.25) is 4.99 Å². The van der Waals surface area contributed by atoms with E-state index in [1.54, 1.807) is 6.20 Å². The van der Waals surface area contributed by atoms with Crippen molar-refractivity contribution in [1.29, 1.82) is 0 Å². The first-order chi connectivity index (χ1) is 5.79. The Morgan fingerprint density at radius 3 is 3.00 bits per heavy atom. The van der Waals surface area contributed by atoms with Gasteiger partial charge in [0.2, 0.25) is 0 Å². The van der Waals surface area contributed by atoms with Gasteiger partial charge in [-0.25, -0.2) is 0 Å². The molecule has 1 aromatic rings. The average molecular weight is 161 g/mol. The highest BCUT2D eigenvalue weighted by atomic mass is 15.1. The lowest BCUT2D eigenvalue weighted by molar-refractivity contribution is 0.600. The van der Waals surface area contributed by atoms with Gasteiger partial charge in [0.05, 0.1) is 17.6 Å². The molecule has 1 unspecified atom stereocenters. The molecule has 0 saturated heterocycles. The van der Waals surface area contributed by atoms with Crippen LogP contribution in [0.5, 0.6) is 0 Å². The molecule has 0 bridgehead atoms. The van der Waals surface area contributed by atoms with Crippen LogP contribution >= 0.6 is 0 Å². The monoisotopic (exact) mass is 161 g/mol. The standard InChI is InChI=1S/C9H11N3/c1-6(2)7-5-10-8-3-4-11-12-9(7)8/h3-7H,1-2H3. The van der Waals surface area contributed by atoms with Crippen LogP contribution in [0, 0.1) is 5.92 Å². The van der Waals surface area contributed by atoms with Gasteiger partial charge in [-0.05, 0) is 12.0 Å². The second-order valence-corrected chi connectivity index (χ2v) is 3.35. The topological polar surface area (TPSA) is 38.1 Å². The van der Waals surface area contributed by atoms with Crippen LogP contribution in [0.15, 0.2) is 17.3 Å². The van der Waals surface area contributed by atoms with E-state index in [1.165, 1.54) is 0 Å². The van der Waals surface area contributed by atoms with E-state index in [0.717, 1.165) is 11.4 Å². The molecule has 1 aliphatic rings. The van der Waals surface area contributed by atoms with Crippen LogP contribution in [-0.4, -0.2) is 16.4 Å². The molecule has 1 aromatic heterocycles. The summed E-state index contributed by atoms with van der Waals surface area (Å²) < 4.78 is 0. The van der Waals surface area contributed by atoms with Crippen molar-refractivity contribution >= 4 is 11.9 Å². The number of fused-ring (bicyclic) bond motifs is 1. The molecule has 62 valence electrons. The minimum absolute atomic E-state index is 0.355. The molecular weight excluding hydrogens is 150 g/mol. The fourth-order valence-corrected chi connectivity index (χ4v) is 1.40. The molecule has 0 radical (unpaired) electrons. The van der Waals surface area contributed by atoms with Crippen molar-refractivity contribution in [3.05, 3.63) is 18.0 Å². The van der Waals surface area contributed by atoms with Gasteiger partial charge in [0.1, 0.15) is 0 Å². The Morgan fingerprint density at radius 2 is 2.25 bits per heavy atom. The zero-order valence-corrected chi connectivity index (χ0v) is 7.23.